The summed E-state index contributed by atoms with van der Waals surface area (Å²) in [5.41, 5.74) is 10.5. The summed E-state index contributed by atoms with van der Waals surface area (Å²) in [5, 5.41) is 7.75. The number of fused-ring (bicyclic) bond motifs is 1. The summed E-state index contributed by atoms with van der Waals surface area (Å²) in [5.74, 6) is 1.71. The minimum atomic E-state index is -3.70. The standard InChI is InChI=1S/C31H35N5O3S/c1-21-16-26-10-11-29(39-28-12-14-35(15-13-28)22(2)34-3)19-30(26)36(40(21,37)38)20-23-6-4-7-24(17-23)25-8-5-9-27(18-25)31(32)33/h4-11,16-19,28H,12-15,20H2,1-3H3,(H3,32,33). The maximum Gasteiger partial charge on any atom is 0.260 e. The Morgan fingerprint density at radius 2 is 1.75 bits per heavy atom. The number of benzene rings is 3. The van der Waals surface area contributed by atoms with Crippen LogP contribution in [0.15, 0.2) is 76.6 Å². The molecule has 0 amide bonds. The van der Waals surface area contributed by atoms with Gasteiger partial charge in [-0.05, 0) is 60.9 Å². The van der Waals surface area contributed by atoms with Gasteiger partial charge in [0.1, 0.15) is 17.7 Å². The van der Waals surface area contributed by atoms with Crippen LogP contribution in [0.2, 0.25) is 0 Å². The first-order chi connectivity index (χ1) is 19.2. The number of amidine groups is 2. The Kier molecular flexibility index (Phi) is 7.67. The van der Waals surface area contributed by atoms with Crippen molar-refractivity contribution in [3.8, 4) is 16.9 Å². The number of sulfonamides is 1. The van der Waals surface area contributed by atoms with E-state index in [0.717, 1.165) is 54.0 Å². The molecule has 3 aromatic rings. The van der Waals surface area contributed by atoms with Crippen molar-refractivity contribution in [1.82, 2.24) is 4.90 Å². The first kappa shape index (κ1) is 27.5. The number of anilines is 1. The van der Waals surface area contributed by atoms with Crippen molar-refractivity contribution in [1.29, 1.82) is 5.41 Å². The van der Waals surface area contributed by atoms with Crippen LogP contribution in [-0.2, 0) is 16.6 Å². The maximum atomic E-state index is 13.5. The molecule has 9 heteroatoms. The van der Waals surface area contributed by atoms with E-state index in [4.69, 9.17) is 15.9 Å². The number of rotatable bonds is 6. The van der Waals surface area contributed by atoms with E-state index < -0.39 is 10.0 Å². The molecule has 3 aromatic carbocycles. The number of ether oxygens (including phenoxy) is 1. The van der Waals surface area contributed by atoms with Crippen molar-refractivity contribution in [3.63, 3.8) is 0 Å². The molecule has 2 aliphatic rings. The van der Waals surface area contributed by atoms with Crippen LogP contribution in [0, 0.1) is 5.41 Å². The summed E-state index contributed by atoms with van der Waals surface area (Å²) in [6, 6.07) is 21.0. The number of nitrogens with one attached hydrogen (secondary N) is 1. The summed E-state index contributed by atoms with van der Waals surface area (Å²) in [7, 11) is -1.90. The minimum Gasteiger partial charge on any atom is -0.490 e. The molecule has 0 aromatic heterocycles. The molecule has 0 atom stereocenters. The monoisotopic (exact) mass is 557 g/mol. The number of likely N-dealkylation sites (tertiary alicyclic amines) is 1. The Morgan fingerprint density at radius 1 is 1.05 bits per heavy atom. The van der Waals surface area contributed by atoms with Crippen molar-refractivity contribution in [2.45, 2.75) is 39.3 Å². The fourth-order valence-corrected chi connectivity index (χ4v) is 6.57. The first-order valence-corrected chi connectivity index (χ1v) is 14.8. The summed E-state index contributed by atoms with van der Waals surface area (Å²) >= 11 is 0. The molecule has 8 nitrogen and oxygen atoms in total. The lowest BCUT2D eigenvalue weighted by atomic mass is 10.0. The summed E-state index contributed by atoms with van der Waals surface area (Å²) in [6.07, 6.45) is 3.54. The highest BCUT2D eigenvalue weighted by Gasteiger charge is 2.31. The average molecular weight is 558 g/mol. The second kappa shape index (κ2) is 11.2. The number of hydrogen-bond acceptors (Lipinski definition) is 5. The van der Waals surface area contributed by atoms with E-state index in [1.807, 2.05) is 74.6 Å². The maximum absolute atomic E-state index is 13.5. The van der Waals surface area contributed by atoms with Crippen LogP contribution in [0.25, 0.3) is 17.2 Å². The summed E-state index contributed by atoms with van der Waals surface area (Å²) < 4.78 is 34.9. The van der Waals surface area contributed by atoms with Gasteiger partial charge in [-0.3, -0.25) is 14.7 Å². The highest BCUT2D eigenvalue weighted by atomic mass is 32.2. The minimum absolute atomic E-state index is 0.00443. The van der Waals surface area contributed by atoms with Crippen LogP contribution in [0.5, 0.6) is 5.75 Å². The van der Waals surface area contributed by atoms with Gasteiger partial charge in [-0.2, -0.15) is 0 Å². The zero-order valence-corrected chi connectivity index (χ0v) is 23.9. The van der Waals surface area contributed by atoms with Crippen molar-refractivity contribution < 1.29 is 13.2 Å². The lowest BCUT2D eigenvalue weighted by Gasteiger charge is -2.34. The van der Waals surface area contributed by atoms with E-state index in [1.54, 1.807) is 19.1 Å². The number of nitrogens with zero attached hydrogens (tertiary/aromatic N) is 3. The van der Waals surface area contributed by atoms with Crippen LogP contribution in [0.4, 0.5) is 5.69 Å². The predicted octanol–water partition coefficient (Wildman–Crippen LogP) is 5.24. The molecule has 1 fully saturated rings. The van der Waals surface area contributed by atoms with Crippen molar-refractivity contribution in [2.24, 2.45) is 10.7 Å². The second-order valence-corrected chi connectivity index (χ2v) is 12.3. The first-order valence-electron chi connectivity index (χ1n) is 13.4. The quantitative estimate of drug-likeness (QED) is 0.318. The number of nitrogens with two attached hydrogens (primary N) is 1. The van der Waals surface area contributed by atoms with Crippen LogP contribution in [0.1, 0.15) is 43.4 Å². The van der Waals surface area contributed by atoms with Crippen molar-refractivity contribution in [2.75, 3.05) is 24.4 Å². The van der Waals surface area contributed by atoms with E-state index in [2.05, 4.69) is 9.89 Å². The van der Waals surface area contributed by atoms with Gasteiger partial charge in [0.15, 0.2) is 0 Å². The smallest absolute Gasteiger partial charge is 0.260 e. The lowest BCUT2D eigenvalue weighted by molar-refractivity contribution is 0.131. The van der Waals surface area contributed by atoms with Gasteiger partial charge in [0.25, 0.3) is 10.0 Å². The molecule has 0 saturated carbocycles. The number of nitrogen functional groups attached to an aromatic ring is 1. The molecule has 3 N–H and O–H groups in total. The Hall–Kier alpha value is -4.11. The van der Waals surface area contributed by atoms with Gasteiger partial charge < -0.3 is 15.4 Å². The molecule has 0 radical (unpaired) electrons. The topological polar surface area (TPSA) is 112 Å². The molecule has 40 heavy (non-hydrogen) atoms. The Balaban J connectivity index is 1.41. The second-order valence-electron chi connectivity index (χ2n) is 10.3. The normalized spacial score (nSPS) is 17.3. The molecule has 2 aliphatic heterocycles. The van der Waals surface area contributed by atoms with Gasteiger partial charge in [0, 0.05) is 50.2 Å². The van der Waals surface area contributed by atoms with E-state index in [0.29, 0.717) is 21.9 Å². The fourth-order valence-electron chi connectivity index (χ4n) is 5.21. The molecule has 1 saturated heterocycles. The van der Waals surface area contributed by atoms with Gasteiger partial charge in [-0.15, -0.1) is 0 Å². The number of hydrogen-bond donors (Lipinski definition) is 2. The average Bonchev–Trinajstić information content (AvgIpc) is 2.96. The predicted molar refractivity (Wildman–Crippen MR) is 162 cm³/mol. The van der Waals surface area contributed by atoms with E-state index in [-0.39, 0.29) is 18.5 Å². The van der Waals surface area contributed by atoms with E-state index in [1.165, 1.54) is 4.31 Å². The highest BCUT2D eigenvalue weighted by molar-refractivity contribution is 7.96. The molecule has 0 unspecified atom stereocenters. The van der Waals surface area contributed by atoms with Crippen LogP contribution in [0.3, 0.4) is 0 Å². The Morgan fingerprint density at radius 3 is 2.45 bits per heavy atom. The largest absolute Gasteiger partial charge is 0.490 e. The van der Waals surface area contributed by atoms with Crippen LogP contribution in [-0.4, -0.2) is 51.2 Å². The fraction of sp³-hybridized carbons (Fsp3) is 0.290. The van der Waals surface area contributed by atoms with Gasteiger partial charge in [-0.1, -0.05) is 36.4 Å². The number of piperidine rings is 1. The SMILES string of the molecule is CN=C(C)N1CCC(Oc2ccc3c(c2)N(Cc2cccc(-c4cccc(C(=N)N)c4)c2)S(=O)(=O)C(C)=C3)CC1. The molecule has 2 heterocycles. The van der Waals surface area contributed by atoms with Crippen LogP contribution >= 0.6 is 0 Å². The van der Waals surface area contributed by atoms with E-state index >= 15 is 0 Å². The third kappa shape index (κ3) is 5.60. The van der Waals surface area contributed by atoms with E-state index in [9.17, 15) is 8.42 Å². The van der Waals surface area contributed by atoms with Crippen molar-refractivity contribution in [3.05, 3.63) is 88.3 Å². The van der Waals surface area contributed by atoms with Gasteiger partial charge in [0.05, 0.1) is 23.0 Å². The molecule has 0 aliphatic carbocycles. The van der Waals surface area contributed by atoms with Gasteiger partial charge >= 0.3 is 0 Å². The number of allylic oxidation sites excluding steroid dienone is 1. The molecular formula is C31H35N5O3S. The molecule has 0 spiro atoms. The highest BCUT2D eigenvalue weighted by Crippen LogP contribution is 2.38. The number of aliphatic imine (C=N–C) groups is 1. The zero-order chi connectivity index (χ0) is 28.4. The third-order valence-corrected chi connectivity index (χ3v) is 9.45. The lowest BCUT2D eigenvalue weighted by Crippen LogP contribution is -2.40. The Labute approximate surface area is 236 Å². The summed E-state index contributed by atoms with van der Waals surface area (Å²) in [4.78, 5) is 6.85. The van der Waals surface area contributed by atoms with Crippen LogP contribution < -0.4 is 14.8 Å². The third-order valence-electron chi connectivity index (χ3n) is 7.61. The Bertz CT molecular complexity index is 1600. The molecular weight excluding hydrogens is 522 g/mol. The van der Waals surface area contributed by atoms with Crippen molar-refractivity contribution >= 4 is 33.5 Å². The zero-order valence-electron chi connectivity index (χ0n) is 23.1. The molecule has 208 valence electrons. The summed E-state index contributed by atoms with van der Waals surface area (Å²) in [6.45, 7) is 5.60. The van der Waals surface area contributed by atoms with Gasteiger partial charge in [0.2, 0.25) is 0 Å². The molecule has 5 rings (SSSR count). The molecule has 0 bridgehead atoms. The van der Waals surface area contributed by atoms with Gasteiger partial charge in [-0.25, -0.2) is 8.42 Å².